The van der Waals surface area contributed by atoms with Crippen LogP contribution >= 0.6 is 22.6 Å². The van der Waals surface area contributed by atoms with Crippen LogP contribution in [0.4, 0.5) is 0 Å². The molecule has 2 aliphatic heterocycles. The van der Waals surface area contributed by atoms with Gasteiger partial charge in [-0.05, 0) is 13.3 Å². The summed E-state index contributed by atoms with van der Waals surface area (Å²) in [7, 11) is 0. The van der Waals surface area contributed by atoms with Crippen LogP contribution in [0.15, 0.2) is 0 Å². The van der Waals surface area contributed by atoms with E-state index in [1.165, 1.54) is 0 Å². The third-order valence-electron chi connectivity index (χ3n) is 3.33. The molecule has 5 nitrogen and oxygen atoms in total. The number of hydrogen-bond acceptors (Lipinski definition) is 5. The highest BCUT2D eigenvalue weighted by Gasteiger charge is 2.49. The summed E-state index contributed by atoms with van der Waals surface area (Å²) in [5.74, 6) is -0.250. The maximum Gasteiger partial charge on any atom is 0.322 e. The smallest absolute Gasteiger partial charge is 0.322 e. The van der Waals surface area contributed by atoms with E-state index >= 15 is 0 Å². The average Bonchev–Trinajstić information content (AvgIpc) is 2.84. The van der Waals surface area contributed by atoms with E-state index in [9.17, 15) is 9.90 Å². The van der Waals surface area contributed by atoms with Gasteiger partial charge in [-0.2, -0.15) is 0 Å². The number of carbonyl (C=O) groups is 1. The van der Waals surface area contributed by atoms with E-state index in [0.29, 0.717) is 13.0 Å². The Morgan fingerprint density at radius 2 is 2.12 bits per heavy atom. The van der Waals surface area contributed by atoms with Crippen LogP contribution in [-0.2, 0) is 19.0 Å². The monoisotopic (exact) mass is 356 g/mol. The normalized spacial score (nSPS) is 39.8. The second-order valence-corrected chi connectivity index (χ2v) is 7.04. The zero-order valence-electron chi connectivity index (χ0n) is 9.89. The summed E-state index contributed by atoms with van der Waals surface area (Å²) in [5, 5.41) is 9.57. The zero-order chi connectivity index (χ0) is 12.6. The van der Waals surface area contributed by atoms with E-state index in [1.807, 2.05) is 13.8 Å². The molecule has 5 atom stereocenters. The molecule has 0 aromatic carbocycles. The highest BCUT2D eigenvalue weighted by atomic mass is 127. The van der Waals surface area contributed by atoms with Gasteiger partial charge in [0.15, 0.2) is 6.10 Å². The Kier molecular flexibility index (Phi) is 3.96. The first-order valence-electron chi connectivity index (χ1n) is 5.77. The number of fused-ring (bicyclic) bond motifs is 1. The van der Waals surface area contributed by atoms with Crippen LogP contribution in [0.25, 0.3) is 0 Å². The highest BCUT2D eigenvalue weighted by molar-refractivity contribution is 14.1. The van der Waals surface area contributed by atoms with Gasteiger partial charge in [-0.25, -0.2) is 0 Å². The summed E-state index contributed by atoms with van der Waals surface area (Å²) in [6.45, 7) is 4.33. The molecule has 2 fully saturated rings. The van der Waals surface area contributed by atoms with Crippen LogP contribution in [0.5, 0.6) is 0 Å². The van der Waals surface area contributed by atoms with Gasteiger partial charge in [0.2, 0.25) is 0 Å². The van der Waals surface area contributed by atoms with Gasteiger partial charge >= 0.3 is 5.97 Å². The predicted octanol–water partition coefficient (Wildman–Crippen LogP) is 0.660. The Balaban J connectivity index is 1.95. The van der Waals surface area contributed by atoms with Gasteiger partial charge < -0.3 is 19.3 Å². The topological polar surface area (TPSA) is 65.0 Å². The van der Waals surface area contributed by atoms with Crippen molar-refractivity contribution in [1.82, 2.24) is 0 Å². The molecule has 6 heteroatoms. The van der Waals surface area contributed by atoms with Gasteiger partial charge in [0.05, 0.1) is 13.2 Å². The minimum atomic E-state index is -0.610. The van der Waals surface area contributed by atoms with Crippen molar-refractivity contribution in [3.05, 3.63) is 0 Å². The third-order valence-corrected chi connectivity index (χ3v) is 4.53. The number of rotatable bonds is 3. The van der Waals surface area contributed by atoms with Crippen molar-refractivity contribution in [2.75, 3.05) is 13.2 Å². The molecular weight excluding hydrogens is 339 g/mol. The lowest BCUT2D eigenvalue weighted by Crippen LogP contribution is -2.39. The molecule has 0 saturated carbocycles. The molecule has 2 saturated heterocycles. The molecule has 0 aliphatic carbocycles. The van der Waals surface area contributed by atoms with Crippen molar-refractivity contribution in [2.45, 2.75) is 48.1 Å². The zero-order valence-corrected chi connectivity index (χ0v) is 12.0. The van der Waals surface area contributed by atoms with Crippen molar-refractivity contribution in [1.29, 1.82) is 0 Å². The molecule has 1 N–H and O–H groups in total. The Morgan fingerprint density at radius 1 is 1.47 bits per heavy atom. The second kappa shape index (κ2) is 4.99. The van der Waals surface area contributed by atoms with E-state index in [-0.39, 0.29) is 24.8 Å². The van der Waals surface area contributed by atoms with Gasteiger partial charge in [-0.15, -0.1) is 0 Å². The summed E-state index contributed by atoms with van der Waals surface area (Å²) >= 11 is 2.09. The van der Waals surface area contributed by atoms with Gasteiger partial charge in [-0.1, -0.05) is 29.5 Å². The molecular formula is C11H17IO5. The Hall–Kier alpha value is 0.0800. The fourth-order valence-corrected chi connectivity index (χ4v) is 2.08. The fourth-order valence-electron chi connectivity index (χ4n) is 1.95. The Morgan fingerprint density at radius 3 is 2.76 bits per heavy atom. The lowest BCUT2D eigenvalue weighted by molar-refractivity contribution is -0.155. The fraction of sp³-hybridized carbons (Fsp3) is 0.909. The van der Waals surface area contributed by atoms with Crippen molar-refractivity contribution in [3.63, 3.8) is 0 Å². The van der Waals surface area contributed by atoms with Crippen molar-refractivity contribution < 1.29 is 24.1 Å². The van der Waals surface area contributed by atoms with E-state index in [1.54, 1.807) is 0 Å². The molecule has 2 rings (SSSR count). The lowest BCUT2D eigenvalue weighted by atomic mass is 10.1. The van der Waals surface area contributed by atoms with Gasteiger partial charge in [0.25, 0.3) is 0 Å². The second-order valence-electron chi connectivity index (χ2n) is 4.66. The largest absolute Gasteiger partial charge is 0.456 e. The van der Waals surface area contributed by atoms with E-state index in [2.05, 4.69) is 22.6 Å². The molecule has 0 aromatic rings. The first kappa shape index (κ1) is 13.5. The first-order chi connectivity index (χ1) is 7.95. The number of carbonyl (C=O) groups excluding carboxylic acids is 1. The Bertz CT molecular complexity index is 306. The molecule has 0 radical (unpaired) electrons. The summed E-state index contributed by atoms with van der Waals surface area (Å²) in [5.41, 5.74) is 0. The number of aliphatic hydroxyl groups excluding tert-OH is 1. The Labute approximate surface area is 114 Å². The van der Waals surface area contributed by atoms with Gasteiger partial charge in [0.1, 0.15) is 21.7 Å². The summed E-state index contributed by atoms with van der Waals surface area (Å²) < 4.78 is 15.7. The van der Waals surface area contributed by atoms with E-state index < -0.39 is 15.6 Å². The minimum absolute atomic E-state index is 0.249. The molecule has 98 valence electrons. The summed E-state index contributed by atoms with van der Waals surface area (Å²) in [4.78, 5) is 11.9. The molecule has 0 bridgehead atoms. The lowest BCUT2D eigenvalue weighted by Gasteiger charge is -2.23. The molecule has 17 heavy (non-hydrogen) atoms. The predicted molar refractivity (Wildman–Crippen MR) is 68.1 cm³/mol. The molecule has 2 heterocycles. The maximum atomic E-state index is 11.9. The molecule has 0 amide bonds. The molecule has 2 aliphatic rings. The van der Waals surface area contributed by atoms with Gasteiger partial charge in [0, 0.05) is 0 Å². The van der Waals surface area contributed by atoms with E-state index in [4.69, 9.17) is 14.2 Å². The van der Waals surface area contributed by atoms with Crippen molar-refractivity contribution >= 4 is 28.6 Å². The average molecular weight is 356 g/mol. The number of aliphatic hydroxyl groups is 1. The molecule has 5 unspecified atom stereocenters. The quantitative estimate of drug-likeness (QED) is 0.457. The maximum absolute atomic E-state index is 11.9. The number of halogens is 1. The van der Waals surface area contributed by atoms with Gasteiger partial charge in [-0.3, -0.25) is 4.79 Å². The summed E-state index contributed by atoms with van der Waals surface area (Å²) in [6.07, 6.45) is -0.976. The highest BCUT2D eigenvalue weighted by Crippen LogP contribution is 2.31. The SMILES string of the molecule is CCC(C)(I)C(=O)OC1COC2C(O)COC12. The van der Waals surface area contributed by atoms with Crippen LogP contribution in [0.3, 0.4) is 0 Å². The third kappa shape index (κ3) is 2.59. The van der Waals surface area contributed by atoms with Crippen LogP contribution in [0.2, 0.25) is 0 Å². The van der Waals surface area contributed by atoms with Crippen molar-refractivity contribution in [3.8, 4) is 0 Å². The number of alkyl halides is 1. The number of ether oxygens (including phenoxy) is 3. The first-order valence-corrected chi connectivity index (χ1v) is 6.85. The van der Waals surface area contributed by atoms with Crippen LogP contribution in [-0.4, -0.2) is 52.1 Å². The van der Waals surface area contributed by atoms with Crippen molar-refractivity contribution in [2.24, 2.45) is 0 Å². The van der Waals surface area contributed by atoms with Crippen LogP contribution < -0.4 is 0 Å². The minimum Gasteiger partial charge on any atom is -0.456 e. The summed E-state index contributed by atoms with van der Waals surface area (Å²) in [6, 6.07) is 0. The van der Waals surface area contributed by atoms with E-state index in [0.717, 1.165) is 0 Å². The standard InChI is InChI=1S/C11H17IO5/c1-3-11(2,12)10(14)17-7-5-16-8-6(13)4-15-9(7)8/h6-9,13H,3-5H2,1-2H3. The van der Waals surface area contributed by atoms with Crippen LogP contribution in [0.1, 0.15) is 20.3 Å². The molecule has 0 aromatic heterocycles. The number of esters is 1. The molecule has 0 spiro atoms. The van der Waals surface area contributed by atoms with Crippen LogP contribution in [0, 0.1) is 0 Å². The number of hydrogen-bond donors (Lipinski definition) is 1.